The molecule has 6 nitrogen and oxygen atoms in total. The van der Waals surface area contributed by atoms with E-state index in [9.17, 15) is 14.9 Å². The highest BCUT2D eigenvalue weighted by Gasteiger charge is 2.16. The van der Waals surface area contributed by atoms with Crippen molar-refractivity contribution < 1.29 is 4.92 Å². The number of hydrogen-bond acceptors (Lipinski definition) is 4. The van der Waals surface area contributed by atoms with Crippen molar-refractivity contribution in [1.29, 1.82) is 0 Å². The second kappa shape index (κ2) is 3.57. The van der Waals surface area contributed by atoms with Gasteiger partial charge in [-0.05, 0) is 13.0 Å². The lowest BCUT2D eigenvalue weighted by atomic mass is 10.3. The fourth-order valence-electron chi connectivity index (χ4n) is 1.46. The quantitative estimate of drug-likeness (QED) is 0.430. The molecule has 0 N–H and O–H groups in total. The molecule has 0 unspecified atom stereocenters. The van der Waals surface area contributed by atoms with Crippen LogP contribution in [0.1, 0.15) is 5.69 Å². The monoisotopic (exact) mass is 239 g/mol. The van der Waals surface area contributed by atoms with Crippen LogP contribution in [0.25, 0.3) is 5.65 Å². The van der Waals surface area contributed by atoms with Crippen molar-refractivity contribution >= 4 is 22.9 Å². The van der Waals surface area contributed by atoms with Gasteiger partial charge in [-0.3, -0.25) is 19.3 Å². The number of rotatable bonds is 1. The smallest absolute Gasteiger partial charge is 0.269 e. The van der Waals surface area contributed by atoms with Gasteiger partial charge in [-0.2, -0.15) is 0 Å². The summed E-state index contributed by atoms with van der Waals surface area (Å²) in [5, 5.41) is 10.7. The summed E-state index contributed by atoms with van der Waals surface area (Å²) in [6.07, 6.45) is 0. The van der Waals surface area contributed by atoms with Gasteiger partial charge in [-0.1, -0.05) is 11.6 Å². The number of pyridine rings is 1. The molecule has 16 heavy (non-hydrogen) atoms. The summed E-state index contributed by atoms with van der Waals surface area (Å²) in [6, 6.07) is 3.90. The third-order valence-electron chi connectivity index (χ3n) is 2.15. The van der Waals surface area contributed by atoms with Gasteiger partial charge in [0.05, 0.1) is 4.92 Å². The Labute approximate surface area is 94.3 Å². The summed E-state index contributed by atoms with van der Waals surface area (Å²) in [5.74, 6) is 0. The van der Waals surface area contributed by atoms with Crippen LogP contribution in [0.15, 0.2) is 23.0 Å². The molecule has 0 atom stereocenters. The third kappa shape index (κ3) is 1.53. The Hall–Kier alpha value is -1.95. The normalized spacial score (nSPS) is 10.6. The summed E-state index contributed by atoms with van der Waals surface area (Å²) < 4.78 is 1.16. The Morgan fingerprint density at radius 3 is 2.81 bits per heavy atom. The van der Waals surface area contributed by atoms with Crippen LogP contribution in [0, 0.1) is 17.0 Å². The predicted molar refractivity (Wildman–Crippen MR) is 57.9 cm³/mol. The van der Waals surface area contributed by atoms with Gasteiger partial charge in [-0.25, -0.2) is 4.98 Å². The lowest BCUT2D eigenvalue weighted by Crippen LogP contribution is -2.17. The first-order valence-electron chi connectivity index (χ1n) is 4.34. The minimum absolute atomic E-state index is 0.0394. The maximum absolute atomic E-state index is 11.6. The number of halogens is 1. The van der Waals surface area contributed by atoms with E-state index in [1.807, 2.05) is 0 Å². The van der Waals surface area contributed by atoms with E-state index < -0.39 is 10.5 Å². The number of nitrogens with zero attached hydrogens (tertiary/aromatic N) is 3. The molecule has 2 heterocycles. The van der Waals surface area contributed by atoms with Crippen LogP contribution >= 0.6 is 11.6 Å². The molecule has 2 aromatic heterocycles. The molecule has 0 aromatic carbocycles. The van der Waals surface area contributed by atoms with Crippen LogP contribution in [0.2, 0.25) is 5.15 Å². The van der Waals surface area contributed by atoms with Gasteiger partial charge in [0.1, 0.15) is 5.15 Å². The lowest BCUT2D eigenvalue weighted by Gasteiger charge is -2.04. The highest BCUT2D eigenvalue weighted by molar-refractivity contribution is 6.29. The second-order valence-electron chi connectivity index (χ2n) is 3.19. The number of aryl methyl sites for hydroxylation is 1. The minimum Gasteiger partial charge on any atom is -0.269 e. The summed E-state index contributed by atoms with van der Waals surface area (Å²) >= 11 is 5.61. The molecule has 0 aliphatic carbocycles. The summed E-state index contributed by atoms with van der Waals surface area (Å²) in [6.45, 7) is 1.66. The van der Waals surface area contributed by atoms with Crippen LogP contribution in [-0.2, 0) is 0 Å². The SMILES string of the molecule is Cc1ccc([N+](=O)[O-])c2nc(Cl)cc(=O)n12. The van der Waals surface area contributed by atoms with Crippen LogP contribution in [-0.4, -0.2) is 14.3 Å². The van der Waals surface area contributed by atoms with E-state index in [0.717, 1.165) is 10.5 Å². The summed E-state index contributed by atoms with van der Waals surface area (Å²) in [5.41, 5.74) is -0.154. The highest BCUT2D eigenvalue weighted by atomic mass is 35.5. The number of aromatic nitrogens is 2. The van der Waals surface area contributed by atoms with Crippen molar-refractivity contribution in [2.24, 2.45) is 0 Å². The van der Waals surface area contributed by atoms with Gasteiger partial charge in [0.15, 0.2) is 0 Å². The third-order valence-corrected chi connectivity index (χ3v) is 2.34. The van der Waals surface area contributed by atoms with Crippen LogP contribution < -0.4 is 5.56 Å². The maximum atomic E-state index is 11.6. The molecule has 0 amide bonds. The number of hydrogen-bond donors (Lipinski definition) is 0. The van der Waals surface area contributed by atoms with Gasteiger partial charge in [0, 0.05) is 17.8 Å². The number of nitro groups is 1. The molecule has 0 aliphatic heterocycles. The van der Waals surface area contributed by atoms with Crippen molar-refractivity contribution in [2.75, 3.05) is 0 Å². The van der Waals surface area contributed by atoms with Gasteiger partial charge < -0.3 is 0 Å². The summed E-state index contributed by atoms with van der Waals surface area (Å²) in [4.78, 5) is 25.6. The molecule has 0 aliphatic rings. The van der Waals surface area contributed by atoms with Crippen molar-refractivity contribution in [3.05, 3.63) is 49.5 Å². The Morgan fingerprint density at radius 1 is 1.50 bits per heavy atom. The molecule has 2 rings (SSSR count). The van der Waals surface area contributed by atoms with E-state index in [2.05, 4.69) is 4.98 Å². The van der Waals surface area contributed by atoms with Gasteiger partial charge in [0.25, 0.3) is 5.56 Å². The Morgan fingerprint density at radius 2 is 2.19 bits per heavy atom. The lowest BCUT2D eigenvalue weighted by molar-refractivity contribution is -0.383. The zero-order chi connectivity index (χ0) is 11.9. The molecule has 82 valence electrons. The highest BCUT2D eigenvalue weighted by Crippen LogP contribution is 2.18. The molecule has 0 radical (unpaired) electrons. The van der Waals surface area contributed by atoms with E-state index >= 15 is 0 Å². The maximum Gasteiger partial charge on any atom is 0.312 e. The minimum atomic E-state index is -0.600. The largest absolute Gasteiger partial charge is 0.312 e. The fourth-order valence-corrected chi connectivity index (χ4v) is 1.63. The standard InChI is InChI=1S/C9H6ClN3O3/c1-5-2-3-6(13(15)16)9-11-7(10)4-8(14)12(5)9/h2-4H,1H3. The average Bonchev–Trinajstić information content (AvgIpc) is 2.15. The van der Waals surface area contributed by atoms with Gasteiger partial charge in [0.2, 0.25) is 5.65 Å². The molecule has 2 aromatic rings. The van der Waals surface area contributed by atoms with E-state index in [-0.39, 0.29) is 16.5 Å². The van der Waals surface area contributed by atoms with E-state index in [4.69, 9.17) is 11.6 Å². The summed E-state index contributed by atoms with van der Waals surface area (Å²) in [7, 11) is 0. The first-order valence-corrected chi connectivity index (χ1v) is 4.72. The Bertz CT molecular complexity index is 650. The molecular weight excluding hydrogens is 234 g/mol. The molecule has 0 spiro atoms. The number of fused-ring (bicyclic) bond motifs is 1. The van der Waals surface area contributed by atoms with E-state index in [1.54, 1.807) is 6.92 Å². The zero-order valence-corrected chi connectivity index (χ0v) is 8.93. The molecule has 0 saturated carbocycles. The van der Waals surface area contributed by atoms with Gasteiger partial charge >= 0.3 is 5.69 Å². The predicted octanol–water partition coefficient (Wildman–Crippen LogP) is 1.56. The Kier molecular flexibility index (Phi) is 2.35. The molecule has 0 fully saturated rings. The molecule has 0 bridgehead atoms. The van der Waals surface area contributed by atoms with Crippen molar-refractivity contribution in [1.82, 2.24) is 9.38 Å². The van der Waals surface area contributed by atoms with E-state index in [0.29, 0.717) is 5.69 Å². The van der Waals surface area contributed by atoms with Crippen LogP contribution in [0.4, 0.5) is 5.69 Å². The van der Waals surface area contributed by atoms with Crippen molar-refractivity contribution in [2.45, 2.75) is 6.92 Å². The average molecular weight is 240 g/mol. The fraction of sp³-hybridized carbons (Fsp3) is 0.111. The molecule has 7 heteroatoms. The van der Waals surface area contributed by atoms with Crippen molar-refractivity contribution in [3.63, 3.8) is 0 Å². The van der Waals surface area contributed by atoms with Crippen molar-refractivity contribution in [3.8, 4) is 0 Å². The Balaban J connectivity index is 3.04. The topological polar surface area (TPSA) is 77.5 Å². The zero-order valence-electron chi connectivity index (χ0n) is 8.18. The second-order valence-corrected chi connectivity index (χ2v) is 3.58. The molecular formula is C9H6ClN3O3. The van der Waals surface area contributed by atoms with Crippen LogP contribution in [0.5, 0.6) is 0 Å². The first-order chi connectivity index (χ1) is 7.50. The van der Waals surface area contributed by atoms with Crippen LogP contribution in [0.3, 0.4) is 0 Å². The molecule has 0 saturated heterocycles. The van der Waals surface area contributed by atoms with Gasteiger partial charge in [-0.15, -0.1) is 0 Å². The van der Waals surface area contributed by atoms with E-state index in [1.165, 1.54) is 12.1 Å². The first kappa shape index (κ1) is 10.6.